The van der Waals surface area contributed by atoms with Gasteiger partial charge >= 0.3 is 5.97 Å². The average Bonchev–Trinajstić information content (AvgIpc) is 3.29. The van der Waals surface area contributed by atoms with Crippen LogP contribution in [0.25, 0.3) is 17.4 Å². The molecule has 4 rings (SSSR count). The Morgan fingerprint density at radius 2 is 1.90 bits per heavy atom. The lowest BCUT2D eigenvalue weighted by molar-refractivity contribution is -0.145. The second-order valence-corrected chi connectivity index (χ2v) is 8.53. The van der Waals surface area contributed by atoms with Crippen LogP contribution in [0.4, 0.5) is 0 Å². The maximum Gasteiger partial charge on any atom is 0.331 e. The summed E-state index contributed by atoms with van der Waals surface area (Å²) in [5.41, 5.74) is 1.29. The van der Waals surface area contributed by atoms with E-state index < -0.39 is 17.9 Å². The van der Waals surface area contributed by atoms with Gasteiger partial charge in [0.15, 0.2) is 6.04 Å². The van der Waals surface area contributed by atoms with Crippen LogP contribution in [0, 0.1) is 0 Å². The molecule has 1 aliphatic rings. The van der Waals surface area contributed by atoms with Gasteiger partial charge in [0.05, 0.1) is 4.91 Å². The number of benzene rings is 2. The molecule has 1 saturated heterocycles. The van der Waals surface area contributed by atoms with E-state index in [1.165, 1.54) is 0 Å². The third kappa shape index (κ3) is 4.05. The zero-order valence-corrected chi connectivity index (χ0v) is 17.7. The summed E-state index contributed by atoms with van der Waals surface area (Å²) >= 11 is 12.4. The summed E-state index contributed by atoms with van der Waals surface area (Å²) in [6.45, 7) is 0. The van der Waals surface area contributed by atoms with E-state index in [1.54, 1.807) is 60.7 Å². The van der Waals surface area contributed by atoms with Crippen molar-refractivity contribution in [3.63, 3.8) is 0 Å². The molecule has 5 nitrogen and oxygen atoms in total. The summed E-state index contributed by atoms with van der Waals surface area (Å²) in [7, 11) is 0. The van der Waals surface area contributed by atoms with E-state index in [2.05, 4.69) is 0 Å². The Kier molecular flexibility index (Phi) is 5.76. The number of carboxylic acid groups (broad SMARTS) is 1. The smallest absolute Gasteiger partial charge is 0.331 e. The van der Waals surface area contributed by atoms with Gasteiger partial charge in [-0.15, -0.1) is 0 Å². The third-order valence-electron chi connectivity index (χ3n) is 4.44. The number of thioether (sulfide) groups is 1. The van der Waals surface area contributed by atoms with Crippen LogP contribution in [0.1, 0.15) is 17.4 Å². The van der Waals surface area contributed by atoms with Crippen LogP contribution in [-0.4, -0.2) is 26.2 Å². The summed E-state index contributed by atoms with van der Waals surface area (Å²) in [5.74, 6) is -0.564. The maximum absolute atomic E-state index is 13.0. The highest BCUT2D eigenvalue weighted by molar-refractivity contribution is 8.26. The van der Waals surface area contributed by atoms with Crippen molar-refractivity contribution in [1.29, 1.82) is 0 Å². The minimum Gasteiger partial charge on any atom is -0.479 e. The van der Waals surface area contributed by atoms with Gasteiger partial charge in [-0.2, -0.15) is 0 Å². The molecule has 0 aliphatic carbocycles. The highest BCUT2D eigenvalue weighted by atomic mass is 35.5. The first-order chi connectivity index (χ1) is 14.4. The molecule has 150 valence electrons. The molecule has 8 heteroatoms. The maximum atomic E-state index is 13.0. The van der Waals surface area contributed by atoms with Crippen LogP contribution in [-0.2, 0) is 9.59 Å². The molecular weight excluding hydrogens is 442 g/mol. The summed E-state index contributed by atoms with van der Waals surface area (Å²) in [6.07, 6.45) is 1.57. The first-order valence-electron chi connectivity index (χ1n) is 8.84. The molecule has 1 aliphatic heterocycles. The SMILES string of the molecule is O=C(O)[C@H](c1ccccc1)N1C(=O)/C(=C\c2ccc(-c3cccc(Cl)c3)o2)SC1=S. The van der Waals surface area contributed by atoms with E-state index in [1.807, 2.05) is 12.1 Å². The van der Waals surface area contributed by atoms with Crippen LogP contribution >= 0.6 is 35.6 Å². The van der Waals surface area contributed by atoms with Gasteiger partial charge < -0.3 is 9.52 Å². The Balaban J connectivity index is 1.63. The topological polar surface area (TPSA) is 70.8 Å². The first-order valence-corrected chi connectivity index (χ1v) is 10.4. The number of aliphatic carboxylic acids is 1. The third-order valence-corrected chi connectivity index (χ3v) is 6.01. The summed E-state index contributed by atoms with van der Waals surface area (Å²) in [5, 5.41) is 10.3. The number of hydrogen-bond donors (Lipinski definition) is 1. The van der Waals surface area contributed by atoms with Gasteiger partial charge in [-0.3, -0.25) is 9.69 Å². The molecule has 2 heterocycles. The van der Waals surface area contributed by atoms with E-state index in [-0.39, 0.29) is 4.32 Å². The van der Waals surface area contributed by atoms with Crippen molar-refractivity contribution in [1.82, 2.24) is 4.90 Å². The molecule has 1 N–H and O–H groups in total. The number of carbonyl (C=O) groups is 2. The van der Waals surface area contributed by atoms with Crippen molar-refractivity contribution in [2.24, 2.45) is 0 Å². The van der Waals surface area contributed by atoms with Gasteiger partial charge in [0, 0.05) is 16.7 Å². The largest absolute Gasteiger partial charge is 0.479 e. The van der Waals surface area contributed by atoms with Crippen LogP contribution in [0.5, 0.6) is 0 Å². The lowest BCUT2D eigenvalue weighted by Gasteiger charge is -2.23. The standard InChI is InChI=1S/C22H14ClNO4S2/c23-15-8-4-7-14(11-15)17-10-9-16(28-17)12-18-20(25)24(22(29)30-18)19(21(26)27)13-5-2-1-3-6-13/h1-12,19H,(H,26,27)/b18-12+/t19-/m0/s1. The second kappa shape index (κ2) is 8.47. The van der Waals surface area contributed by atoms with Crippen LogP contribution in [0.15, 0.2) is 76.1 Å². The Hall–Kier alpha value is -2.87. The number of thiocarbonyl (C=S) groups is 1. The molecular formula is C22H14ClNO4S2. The minimum absolute atomic E-state index is 0.184. The zero-order valence-electron chi connectivity index (χ0n) is 15.3. The van der Waals surface area contributed by atoms with Crippen molar-refractivity contribution in [2.75, 3.05) is 0 Å². The number of carbonyl (C=O) groups excluding carboxylic acids is 1. The highest BCUT2D eigenvalue weighted by Gasteiger charge is 2.41. The minimum atomic E-state index is -1.19. The summed E-state index contributed by atoms with van der Waals surface area (Å²) in [6, 6.07) is 18.1. The lowest BCUT2D eigenvalue weighted by atomic mass is 10.1. The van der Waals surface area contributed by atoms with Gasteiger partial charge in [-0.1, -0.05) is 78.0 Å². The molecule has 0 saturated carbocycles. The predicted molar refractivity (Wildman–Crippen MR) is 121 cm³/mol. The number of carboxylic acids is 1. The van der Waals surface area contributed by atoms with E-state index >= 15 is 0 Å². The highest BCUT2D eigenvalue weighted by Crippen LogP contribution is 2.39. The van der Waals surface area contributed by atoms with Crippen molar-refractivity contribution < 1.29 is 19.1 Å². The number of hydrogen-bond acceptors (Lipinski definition) is 5. The molecule has 1 amide bonds. The van der Waals surface area contributed by atoms with Gasteiger partial charge in [0.2, 0.25) is 0 Å². The molecule has 1 aromatic heterocycles. The normalized spacial score (nSPS) is 16.3. The van der Waals surface area contributed by atoms with E-state index in [0.29, 0.717) is 27.0 Å². The Morgan fingerprint density at radius 3 is 2.60 bits per heavy atom. The van der Waals surface area contributed by atoms with Crippen LogP contribution < -0.4 is 0 Å². The van der Waals surface area contributed by atoms with Crippen molar-refractivity contribution in [3.05, 3.63) is 88.0 Å². The van der Waals surface area contributed by atoms with Crippen molar-refractivity contribution in [3.8, 4) is 11.3 Å². The number of amides is 1. The van der Waals surface area contributed by atoms with Gasteiger partial charge in [-0.05, 0) is 29.8 Å². The van der Waals surface area contributed by atoms with E-state index in [4.69, 9.17) is 28.2 Å². The van der Waals surface area contributed by atoms with Crippen LogP contribution in [0.3, 0.4) is 0 Å². The van der Waals surface area contributed by atoms with Crippen molar-refractivity contribution in [2.45, 2.75) is 6.04 Å². The van der Waals surface area contributed by atoms with Gasteiger partial charge in [0.1, 0.15) is 15.8 Å². The zero-order chi connectivity index (χ0) is 21.3. The van der Waals surface area contributed by atoms with E-state index in [9.17, 15) is 14.7 Å². The summed E-state index contributed by atoms with van der Waals surface area (Å²) < 4.78 is 6.00. The van der Waals surface area contributed by atoms with Gasteiger partial charge in [0.25, 0.3) is 5.91 Å². The number of furan rings is 1. The molecule has 3 aromatic rings. The average molecular weight is 456 g/mol. The molecule has 0 radical (unpaired) electrons. The molecule has 2 aromatic carbocycles. The molecule has 0 unspecified atom stereocenters. The Morgan fingerprint density at radius 1 is 1.13 bits per heavy atom. The number of rotatable bonds is 5. The molecule has 0 bridgehead atoms. The Labute approximate surface area is 186 Å². The lowest BCUT2D eigenvalue weighted by Crippen LogP contribution is -2.37. The number of nitrogens with zero attached hydrogens (tertiary/aromatic N) is 1. The molecule has 30 heavy (non-hydrogen) atoms. The number of halogens is 1. The van der Waals surface area contributed by atoms with E-state index in [0.717, 1.165) is 22.2 Å². The summed E-state index contributed by atoms with van der Waals surface area (Å²) in [4.78, 5) is 26.3. The molecule has 0 spiro atoms. The van der Waals surface area contributed by atoms with Crippen LogP contribution in [0.2, 0.25) is 5.02 Å². The molecule has 1 atom stereocenters. The van der Waals surface area contributed by atoms with Crippen molar-refractivity contribution >= 4 is 57.9 Å². The fourth-order valence-corrected chi connectivity index (χ4v) is 4.58. The Bertz CT molecular complexity index is 1170. The second-order valence-electron chi connectivity index (χ2n) is 6.42. The predicted octanol–water partition coefficient (Wildman–Crippen LogP) is 5.63. The first kappa shape index (κ1) is 20.4. The fraction of sp³-hybridized carbons (Fsp3) is 0.0455. The quantitative estimate of drug-likeness (QED) is 0.397. The molecule has 1 fully saturated rings. The monoisotopic (exact) mass is 455 g/mol. The fourth-order valence-electron chi connectivity index (χ4n) is 3.10. The van der Waals surface area contributed by atoms with Gasteiger partial charge in [-0.25, -0.2) is 4.79 Å².